The summed E-state index contributed by atoms with van der Waals surface area (Å²) in [5, 5.41) is 3.05. The Labute approximate surface area is 112 Å². The van der Waals surface area contributed by atoms with Gasteiger partial charge in [-0.05, 0) is 38.1 Å². The molecule has 7 heteroatoms. The fourth-order valence-electron chi connectivity index (χ4n) is 1.98. The number of rotatable bonds is 6. The minimum atomic E-state index is -3.74. The van der Waals surface area contributed by atoms with E-state index in [0.717, 1.165) is 17.3 Å². The average Bonchev–Trinajstić information content (AvgIpc) is 2.60. The standard InChI is InChI=1S/C12H17N3O3S/c1-2-6-13-7-4-9-15-12(16)10-5-3-8-14-11(10)19(15,17)18/h3,5,8,13H,2,4,6-7,9H2,1H3. The largest absolute Gasteiger partial charge is 0.317 e. The Hall–Kier alpha value is -1.47. The number of amides is 1. The van der Waals surface area contributed by atoms with Crippen LogP contribution in [0.25, 0.3) is 0 Å². The Balaban J connectivity index is 2.06. The molecule has 1 aromatic heterocycles. The van der Waals surface area contributed by atoms with E-state index in [0.29, 0.717) is 13.0 Å². The predicted molar refractivity (Wildman–Crippen MR) is 70.2 cm³/mol. The van der Waals surface area contributed by atoms with Crippen LogP contribution < -0.4 is 5.32 Å². The third kappa shape index (κ3) is 2.62. The number of fused-ring (bicyclic) bond motifs is 1. The Morgan fingerprint density at radius 2 is 2.16 bits per heavy atom. The second-order valence-electron chi connectivity index (χ2n) is 4.34. The Morgan fingerprint density at radius 1 is 1.37 bits per heavy atom. The normalized spacial score (nSPS) is 16.7. The van der Waals surface area contributed by atoms with Crippen LogP contribution in [0.5, 0.6) is 0 Å². The van der Waals surface area contributed by atoms with Crippen LogP contribution in [-0.2, 0) is 10.0 Å². The van der Waals surface area contributed by atoms with Crippen molar-refractivity contribution in [3.05, 3.63) is 23.9 Å². The lowest BCUT2D eigenvalue weighted by molar-refractivity contribution is 0.0870. The third-order valence-corrected chi connectivity index (χ3v) is 4.65. The van der Waals surface area contributed by atoms with Crippen LogP contribution >= 0.6 is 0 Å². The van der Waals surface area contributed by atoms with Crippen LogP contribution in [0.2, 0.25) is 0 Å². The van der Waals surface area contributed by atoms with Crippen LogP contribution in [0.4, 0.5) is 0 Å². The molecule has 19 heavy (non-hydrogen) atoms. The van der Waals surface area contributed by atoms with Crippen molar-refractivity contribution in [2.24, 2.45) is 0 Å². The van der Waals surface area contributed by atoms with Crippen LogP contribution in [0.1, 0.15) is 30.1 Å². The molecule has 0 bridgehead atoms. The highest BCUT2D eigenvalue weighted by Gasteiger charge is 2.41. The summed E-state index contributed by atoms with van der Waals surface area (Å²) in [5.74, 6) is -0.474. The molecule has 1 N–H and O–H groups in total. The molecule has 1 aliphatic heterocycles. The van der Waals surface area contributed by atoms with E-state index < -0.39 is 15.9 Å². The summed E-state index contributed by atoms with van der Waals surface area (Å²) in [6, 6.07) is 3.07. The van der Waals surface area contributed by atoms with E-state index >= 15 is 0 Å². The first-order chi connectivity index (χ1) is 9.09. The highest BCUT2D eigenvalue weighted by molar-refractivity contribution is 7.90. The van der Waals surface area contributed by atoms with Gasteiger partial charge in [-0.25, -0.2) is 9.29 Å². The molecule has 0 unspecified atom stereocenters. The van der Waals surface area contributed by atoms with Gasteiger partial charge in [-0.1, -0.05) is 6.92 Å². The van der Waals surface area contributed by atoms with E-state index in [2.05, 4.69) is 17.2 Å². The zero-order valence-electron chi connectivity index (χ0n) is 10.8. The van der Waals surface area contributed by atoms with Gasteiger partial charge in [0.25, 0.3) is 15.9 Å². The molecule has 1 aromatic rings. The van der Waals surface area contributed by atoms with Gasteiger partial charge < -0.3 is 5.32 Å². The summed E-state index contributed by atoms with van der Waals surface area (Å²) < 4.78 is 25.2. The predicted octanol–water partition coefficient (Wildman–Crippen LogP) is 0.616. The molecule has 1 aliphatic rings. The number of carbonyl (C=O) groups excluding carboxylic acids is 1. The van der Waals surface area contributed by atoms with Crippen molar-refractivity contribution in [2.45, 2.75) is 24.8 Å². The molecule has 0 radical (unpaired) electrons. The smallest absolute Gasteiger partial charge is 0.285 e. The van der Waals surface area contributed by atoms with Crippen molar-refractivity contribution in [2.75, 3.05) is 19.6 Å². The second kappa shape index (κ2) is 5.66. The molecule has 0 spiro atoms. The van der Waals surface area contributed by atoms with E-state index in [9.17, 15) is 13.2 Å². The van der Waals surface area contributed by atoms with Gasteiger partial charge in [-0.15, -0.1) is 0 Å². The highest BCUT2D eigenvalue weighted by Crippen LogP contribution is 2.27. The fourth-order valence-corrected chi connectivity index (χ4v) is 3.50. The van der Waals surface area contributed by atoms with E-state index in [-0.39, 0.29) is 17.1 Å². The van der Waals surface area contributed by atoms with Crippen molar-refractivity contribution in [3.8, 4) is 0 Å². The molecular formula is C12H17N3O3S. The Kier molecular flexibility index (Phi) is 4.16. The molecule has 0 atom stereocenters. The van der Waals surface area contributed by atoms with E-state index in [1.807, 2.05) is 0 Å². The minimum absolute atomic E-state index is 0.124. The van der Waals surface area contributed by atoms with Crippen LogP contribution in [0.15, 0.2) is 23.4 Å². The van der Waals surface area contributed by atoms with Crippen molar-refractivity contribution in [1.29, 1.82) is 0 Å². The lowest BCUT2D eigenvalue weighted by atomic mass is 10.2. The number of nitrogens with zero attached hydrogens (tertiary/aromatic N) is 2. The van der Waals surface area contributed by atoms with Crippen molar-refractivity contribution in [1.82, 2.24) is 14.6 Å². The molecule has 0 saturated carbocycles. The first-order valence-corrected chi connectivity index (χ1v) is 7.76. The molecule has 6 nitrogen and oxygen atoms in total. The van der Waals surface area contributed by atoms with E-state index in [1.54, 1.807) is 6.07 Å². The molecule has 104 valence electrons. The molecular weight excluding hydrogens is 266 g/mol. The van der Waals surface area contributed by atoms with Gasteiger partial charge in [-0.2, -0.15) is 8.42 Å². The molecule has 2 heterocycles. The third-order valence-electron chi connectivity index (χ3n) is 2.90. The maximum Gasteiger partial charge on any atom is 0.285 e. The quantitative estimate of drug-likeness (QED) is 0.774. The van der Waals surface area contributed by atoms with Crippen molar-refractivity contribution >= 4 is 15.9 Å². The maximum atomic E-state index is 12.1. The molecule has 2 rings (SSSR count). The summed E-state index contributed by atoms with van der Waals surface area (Å²) in [6.07, 6.45) is 3.01. The van der Waals surface area contributed by atoms with Gasteiger partial charge in [0.2, 0.25) is 0 Å². The fraction of sp³-hybridized carbons (Fsp3) is 0.500. The number of sulfonamides is 1. The number of hydrogen-bond donors (Lipinski definition) is 1. The zero-order valence-corrected chi connectivity index (χ0v) is 11.6. The average molecular weight is 283 g/mol. The molecule has 0 aromatic carbocycles. The summed E-state index contributed by atoms with van der Waals surface area (Å²) in [4.78, 5) is 15.8. The van der Waals surface area contributed by atoms with E-state index in [4.69, 9.17) is 0 Å². The number of nitrogens with one attached hydrogen (secondary N) is 1. The van der Waals surface area contributed by atoms with Crippen LogP contribution in [0.3, 0.4) is 0 Å². The summed E-state index contributed by atoms with van der Waals surface area (Å²) in [7, 11) is -3.74. The Morgan fingerprint density at radius 3 is 2.84 bits per heavy atom. The lowest BCUT2D eigenvalue weighted by Crippen LogP contribution is -2.32. The van der Waals surface area contributed by atoms with Crippen LogP contribution in [-0.4, -0.2) is 43.2 Å². The van der Waals surface area contributed by atoms with Gasteiger partial charge >= 0.3 is 0 Å². The summed E-state index contributed by atoms with van der Waals surface area (Å²) >= 11 is 0. The van der Waals surface area contributed by atoms with Crippen molar-refractivity contribution < 1.29 is 13.2 Å². The first kappa shape index (κ1) is 14.0. The number of hydrogen-bond acceptors (Lipinski definition) is 5. The summed E-state index contributed by atoms with van der Waals surface area (Å²) in [5.41, 5.74) is 0.170. The first-order valence-electron chi connectivity index (χ1n) is 6.32. The second-order valence-corrected chi connectivity index (χ2v) is 6.12. The molecule has 0 aliphatic carbocycles. The maximum absolute atomic E-state index is 12.1. The molecule has 0 fully saturated rings. The minimum Gasteiger partial charge on any atom is -0.317 e. The molecule has 0 saturated heterocycles. The lowest BCUT2D eigenvalue weighted by Gasteiger charge is -2.14. The highest BCUT2D eigenvalue weighted by atomic mass is 32.2. The summed E-state index contributed by atoms with van der Waals surface area (Å²) in [6.45, 7) is 3.83. The van der Waals surface area contributed by atoms with Gasteiger partial charge in [0.15, 0.2) is 5.03 Å². The topological polar surface area (TPSA) is 79.4 Å². The molecule has 1 amide bonds. The number of aromatic nitrogens is 1. The van der Waals surface area contributed by atoms with Crippen molar-refractivity contribution in [3.63, 3.8) is 0 Å². The number of pyridine rings is 1. The monoisotopic (exact) mass is 283 g/mol. The van der Waals surface area contributed by atoms with Gasteiger partial charge in [-0.3, -0.25) is 4.79 Å². The van der Waals surface area contributed by atoms with Gasteiger partial charge in [0, 0.05) is 12.7 Å². The van der Waals surface area contributed by atoms with Gasteiger partial charge in [0.05, 0.1) is 5.56 Å². The van der Waals surface area contributed by atoms with E-state index in [1.165, 1.54) is 12.3 Å². The number of carbonyl (C=O) groups is 1. The van der Waals surface area contributed by atoms with Crippen LogP contribution in [0, 0.1) is 0 Å². The zero-order chi connectivity index (χ0) is 13.9. The SMILES string of the molecule is CCCNCCCN1C(=O)c2cccnc2S1(=O)=O. The van der Waals surface area contributed by atoms with Gasteiger partial charge in [0.1, 0.15) is 0 Å². The Bertz CT molecular complexity index is 571.